The molecule has 1 rings (SSSR count). The van der Waals surface area contributed by atoms with Crippen molar-refractivity contribution in [1.29, 1.82) is 0 Å². The Morgan fingerprint density at radius 3 is 2.85 bits per heavy atom. The van der Waals surface area contributed by atoms with E-state index in [0.717, 1.165) is 19.3 Å². The van der Waals surface area contributed by atoms with Gasteiger partial charge in [-0.15, -0.1) is 6.42 Å². The highest BCUT2D eigenvalue weighted by Crippen LogP contribution is 2.40. The van der Waals surface area contributed by atoms with E-state index in [0.29, 0.717) is 12.0 Å². The van der Waals surface area contributed by atoms with Crippen molar-refractivity contribution in [3.8, 4) is 12.3 Å². The minimum atomic E-state index is 0.128. The molecule has 0 aromatic carbocycles. The predicted molar refractivity (Wildman–Crippen MR) is 53.0 cm³/mol. The smallest absolute Gasteiger partial charge is 0.223 e. The number of amides is 1. The Hall–Kier alpha value is -0.970. The average molecular weight is 179 g/mol. The van der Waals surface area contributed by atoms with Gasteiger partial charge in [-0.1, -0.05) is 19.8 Å². The summed E-state index contributed by atoms with van der Waals surface area (Å²) in [4.78, 5) is 11.5. The van der Waals surface area contributed by atoms with Gasteiger partial charge in [0.1, 0.15) is 0 Å². The summed E-state index contributed by atoms with van der Waals surface area (Å²) in [6, 6.07) is 0. The van der Waals surface area contributed by atoms with Crippen LogP contribution in [-0.2, 0) is 4.79 Å². The van der Waals surface area contributed by atoms with Crippen LogP contribution < -0.4 is 5.32 Å². The molecule has 0 aromatic heterocycles. The maximum atomic E-state index is 11.5. The summed E-state index contributed by atoms with van der Waals surface area (Å²) in [7, 11) is 0. The van der Waals surface area contributed by atoms with Crippen LogP contribution in [0.3, 0.4) is 0 Å². The summed E-state index contributed by atoms with van der Waals surface area (Å²) in [5, 5.41) is 2.74. The van der Waals surface area contributed by atoms with Gasteiger partial charge in [-0.25, -0.2) is 0 Å². The van der Waals surface area contributed by atoms with E-state index in [1.807, 2.05) is 0 Å². The molecule has 0 spiro atoms. The molecule has 1 fully saturated rings. The number of hydrogen-bond acceptors (Lipinski definition) is 1. The lowest BCUT2D eigenvalue weighted by Crippen LogP contribution is -2.30. The summed E-state index contributed by atoms with van der Waals surface area (Å²) in [6.07, 6.45) is 8.20. The summed E-state index contributed by atoms with van der Waals surface area (Å²) in [6.45, 7) is 4.78. The number of nitrogens with one attached hydrogen (secondary N) is 1. The van der Waals surface area contributed by atoms with Crippen molar-refractivity contribution in [1.82, 2.24) is 5.32 Å². The number of hydrogen-bond donors (Lipinski definition) is 1. The van der Waals surface area contributed by atoms with E-state index in [4.69, 9.17) is 6.42 Å². The highest BCUT2D eigenvalue weighted by atomic mass is 16.1. The fourth-order valence-corrected chi connectivity index (χ4v) is 1.94. The van der Waals surface area contributed by atoms with Crippen molar-refractivity contribution in [2.75, 3.05) is 6.54 Å². The molecule has 1 N–H and O–H groups in total. The number of carbonyl (C=O) groups is 1. The molecular formula is C11H17NO. The SMILES string of the molecule is C#CCNC(=O)C1CCC(C)(C)C1. The summed E-state index contributed by atoms with van der Waals surface area (Å²) < 4.78 is 0. The Balaban J connectivity index is 2.39. The first-order valence-corrected chi connectivity index (χ1v) is 4.76. The first kappa shape index (κ1) is 10.1. The summed E-state index contributed by atoms with van der Waals surface area (Å²) >= 11 is 0. The molecule has 1 aliphatic rings. The molecule has 1 unspecified atom stereocenters. The van der Waals surface area contributed by atoms with E-state index >= 15 is 0 Å². The Morgan fingerprint density at radius 1 is 1.69 bits per heavy atom. The van der Waals surface area contributed by atoms with E-state index in [-0.39, 0.29) is 11.8 Å². The third-order valence-electron chi connectivity index (χ3n) is 2.70. The third kappa shape index (κ3) is 2.77. The topological polar surface area (TPSA) is 29.1 Å². The number of rotatable bonds is 2. The molecule has 1 aliphatic carbocycles. The molecule has 0 heterocycles. The Labute approximate surface area is 80.1 Å². The average Bonchev–Trinajstić information content (AvgIpc) is 2.42. The zero-order valence-corrected chi connectivity index (χ0v) is 8.39. The van der Waals surface area contributed by atoms with E-state index in [2.05, 4.69) is 25.1 Å². The monoisotopic (exact) mass is 179 g/mol. The maximum absolute atomic E-state index is 11.5. The van der Waals surface area contributed by atoms with E-state index < -0.39 is 0 Å². The van der Waals surface area contributed by atoms with E-state index in [1.165, 1.54) is 0 Å². The molecule has 0 aliphatic heterocycles. The molecule has 0 bridgehead atoms. The van der Waals surface area contributed by atoms with Gasteiger partial charge in [0.15, 0.2) is 0 Å². The van der Waals surface area contributed by atoms with Crippen LogP contribution in [0, 0.1) is 23.7 Å². The van der Waals surface area contributed by atoms with Gasteiger partial charge >= 0.3 is 0 Å². The second-order valence-corrected chi connectivity index (χ2v) is 4.53. The molecule has 1 atom stereocenters. The van der Waals surface area contributed by atoms with Gasteiger partial charge in [0, 0.05) is 5.92 Å². The molecule has 1 amide bonds. The van der Waals surface area contributed by atoms with Gasteiger partial charge in [-0.2, -0.15) is 0 Å². The molecule has 72 valence electrons. The van der Waals surface area contributed by atoms with Crippen molar-refractivity contribution in [3.63, 3.8) is 0 Å². The molecule has 0 aromatic rings. The zero-order valence-electron chi connectivity index (χ0n) is 8.39. The van der Waals surface area contributed by atoms with Crippen LogP contribution in [0.4, 0.5) is 0 Å². The van der Waals surface area contributed by atoms with Crippen molar-refractivity contribution < 1.29 is 4.79 Å². The molecule has 2 nitrogen and oxygen atoms in total. The zero-order chi connectivity index (χ0) is 9.90. The molecule has 0 saturated heterocycles. The minimum Gasteiger partial charge on any atom is -0.345 e. The van der Waals surface area contributed by atoms with Crippen LogP contribution in [0.25, 0.3) is 0 Å². The Bertz CT molecular complexity index is 237. The molecule has 1 saturated carbocycles. The van der Waals surface area contributed by atoms with Gasteiger partial charge in [-0.05, 0) is 24.7 Å². The van der Waals surface area contributed by atoms with Crippen molar-refractivity contribution >= 4 is 5.91 Å². The van der Waals surface area contributed by atoms with Gasteiger partial charge < -0.3 is 5.32 Å². The Kier molecular flexibility index (Phi) is 2.98. The van der Waals surface area contributed by atoms with Crippen LogP contribution in [0.2, 0.25) is 0 Å². The standard InChI is InChI=1S/C11H17NO/c1-4-7-12-10(13)9-5-6-11(2,3)8-9/h1,9H,5-8H2,2-3H3,(H,12,13). The van der Waals surface area contributed by atoms with Gasteiger partial charge in [0.25, 0.3) is 0 Å². The van der Waals surface area contributed by atoms with Crippen molar-refractivity contribution in [3.05, 3.63) is 0 Å². The first-order chi connectivity index (χ1) is 6.05. The number of terminal acetylenes is 1. The van der Waals surface area contributed by atoms with Crippen LogP contribution in [0.15, 0.2) is 0 Å². The minimum absolute atomic E-state index is 0.128. The predicted octanol–water partition coefficient (Wildman–Crippen LogP) is 1.56. The van der Waals surface area contributed by atoms with Crippen molar-refractivity contribution in [2.45, 2.75) is 33.1 Å². The fraction of sp³-hybridized carbons (Fsp3) is 0.727. The second-order valence-electron chi connectivity index (χ2n) is 4.53. The Morgan fingerprint density at radius 2 is 2.38 bits per heavy atom. The quantitative estimate of drug-likeness (QED) is 0.640. The number of carbonyl (C=O) groups excluding carboxylic acids is 1. The molecule has 2 heteroatoms. The van der Waals surface area contributed by atoms with Crippen molar-refractivity contribution in [2.24, 2.45) is 11.3 Å². The fourth-order valence-electron chi connectivity index (χ4n) is 1.94. The first-order valence-electron chi connectivity index (χ1n) is 4.76. The highest BCUT2D eigenvalue weighted by Gasteiger charge is 2.34. The lowest BCUT2D eigenvalue weighted by molar-refractivity contribution is -0.124. The molecule has 0 radical (unpaired) electrons. The highest BCUT2D eigenvalue weighted by molar-refractivity contribution is 5.79. The summed E-state index contributed by atoms with van der Waals surface area (Å²) in [5.74, 6) is 2.72. The molecule has 13 heavy (non-hydrogen) atoms. The largest absolute Gasteiger partial charge is 0.345 e. The lowest BCUT2D eigenvalue weighted by atomic mass is 9.90. The van der Waals surface area contributed by atoms with Gasteiger partial charge in [0.05, 0.1) is 6.54 Å². The van der Waals surface area contributed by atoms with E-state index in [9.17, 15) is 4.79 Å². The van der Waals surface area contributed by atoms with E-state index in [1.54, 1.807) is 0 Å². The summed E-state index contributed by atoms with van der Waals surface area (Å²) in [5.41, 5.74) is 0.331. The van der Waals surface area contributed by atoms with Crippen LogP contribution in [0.5, 0.6) is 0 Å². The maximum Gasteiger partial charge on any atom is 0.223 e. The molecular weight excluding hydrogens is 162 g/mol. The lowest BCUT2D eigenvalue weighted by Gasteiger charge is -2.16. The van der Waals surface area contributed by atoms with Crippen LogP contribution >= 0.6 is 0 Å². The third-order valence-corrected chi connectivity index (χ3v) is 2.70. The van der Waals surface area contributed by atoms with Gasteiger partial charge in [0.2, 0.25) is 5.91 Å². The van der Waals surface area contributed by atoms with Gasteiger partial charge in [-0.3, -0.25) is 4.79 Å². The normalized spacial score (nSPS) is 25.2. The second kappa shape index (κ2) is 3.83. The van der Waals surface area contributed by atoms with Crippen LogP contribution in [0.1, 0.15) is 33.1 Å². The van der Waals surface area contributed by atoms with Crippen LogP contribution in [-0.4, -0.2) is 12.5 Å².